The fraction of sp³-hybridized carbons (Fsp3) is 0.200. The first kappa shape index (κ1) is 23.8. The standard InChI is InChI=1S/C23H25NO.C2H2O4/c25-17-16-24(18-20-10-4-1-5-11-20)19-23(21-12-6-2-7-13-21)22-14-8-3-9-15-22;3-1(4)2(5)6/h1-15,23,25H,16-19H2;(H,3,4)(H,5,6). The van der Waals surface area contributed by atoms with Crippen molar-refractivity contribution in [1.82, 2.24) is 4.90 Å². The molecule has 0 aliphatic rings. The summed E-state index contributed by atoms with van der Waals surface area (Å²) >= 11 is 0. The van der Waals surface area contributed by atoms with Crippen molar-refractivity contribution in [2.24, 2.45) is 0 Å². The molecule has 31 heavy (non-hydrogen) atoms. The average molecular weight is 421 g/mol. The number of carbonyl (C=O) groups is 2. The minimum absolute atomic E-state index is 0.170. The third-order valence-electron chi connectivity index (χ3n) is 4.69. The van der Waals surface area contributed by atoms with Crippen LogP contribution < -0.4 is 0 Å². The van der Waals surface area contributed by atoms with Crippen LogP contribution in [0.1, 0.15) is 22.6 Å². The molecule has 0 unspecified atom stereocenters. The summed E-state index contributed by atoms with van der Waals surface area (Å²) in [4.78, 5) is 20.5. The molecule has 3 N–H and O–H groups in total. The summed E-state index contributed by atoms with van der Waals surface area (Å²) in [5.74, 6) is -3.36. The van der Waals surface area contributed by atoms with E-state index >= 15 is 0 Å². The molecule has 0 aliphatic carbocycles. The summed E-state index contributed by atoms with van der Waals surface area (Å²) in [6.45, 7) is 2.56. The summed E-state index contributed by atoms with van der Waals surface area (Å²) in [6, 6.07) is 31.7. The Balaban J connectivity index is 0.000000501. The number of benzene rings is 3. The minimum Gasteiger partial charge on any atom is -0.473 e. The molecule has 0 atom stereocenters. The molecule has 3 rings (SSSR count). The maximum atomic E-state index is 9.53. The van der Waals surface area contributed by atoms with Crippen LogP contribution in [0.25, 0.3) is 0 Å². The summed E-state index contributed by atoms with van der Waals surface area (Å²) in [5.41, 5.74) is 3.89. The van der Waals surface area contributed by atoms with Gasteiger partial charge in [-0.2, -0.15) is 0 Å². The third kappa shape index (κ3) is 8.42. The van der Waals surface area contributed by atoms with Crippen molar-refractivity contribution in [3.8, 4) is 0 Å². The molecule has 0 saturated carbocycles. The lowest BCUT2D eigenvalue weighted by Gasteiger charge is -2.28. The van der Waals surface area contributed by atoms with E-state index in [1.165, 1.54) is 16.7 Å². The number of hydrogen-bond acceptors (Lipinski definition) is 4. The second-order valence-electron chi connectivity index (χ2n) is 6.93. The van der Waals surface area contributed by atoms with Gasteiger partial charge >= 0.3 is 11.9 Å². The topological polar surface area (TPSA) is 98.1 Å². The summed E-state index contributed by atoms with van der Waals surface area (Å²) in [6.07, 6.45) is 0. The molecule has 0 radical (unpaired) electrons. The maximum Gasteiger partial charge on any atom is 0.414 e. The van der Waals surface area contributed by atoms with Crippen LogP contribution in [0.3, 0.4) is 0 Å². The van der Waals surface area contributed by atoms with E-state index in [4.69, 9.17) is 19.8 Å². The molecule has 3 aromatic rings. The minimum atomic E-state index is -1.82. The lowest BCUT2D eigenvalue weighted by Crippen LogP contribution is -2.31. The van der Waals surface area contributed by atoms with Gasteiger partial charge < -0.3 is 15.3 Å². The van der Waals surface area contributed by atoms with Gasteiger partial charge in [0.1, 0.15) is 0 Å². The number of aliphatic carboxylic acids is 2. The molecule has 0 heterocycles. The molecule has 0 aliphatic heterocycles. The molecular weight excluding hydrogens is 394 g/mol. The smallest absolute Gasteiger partial charge is 0.414 e. The number of carboxylic acid groups (broad SMARTS) is 2. The van der Waals surface area contributed by atoms with Crippen molar-refractivity contribution in [3.63, 3.8) is 0 Å². The van der Waals surface area contributed by atoms with Gasteiger partial charge in [-0.15, -0.1) is 0 Å². The van der Waals surface area contributed by atoms with Crippen LogP contribution in [0.5, 0.6) is 0 Å². The van der Waals surface area contributed by atoms with Gasteiger partial charge in [-0.05, 0) is 16.7 Å². The molecule has 0 fully saturated rings. The highest BCUT2D eigenvalue weighted by Crippen LogP contribution is 2.26. The molecule has 6 heteroatoms. The van der Waals surface area contributed by atoms with E-state index in [0.29, 0.717) is 6.54 Å². The monoisotopic (exact) mass is 421 g/mol. The zero-order valence-corrected chi connectivity index (χ0v) is 17.2. The Morgan fingerprint density at radius 2 is 1.13 bits per heavy atom. The molecule has 162 valence electrons. The first-order valence-corrected chi connectivity index (χ1v) is 9.94. The SMILES string of the molecule is O=C(O)C(=O)O.OCCN(Cc1ccccc1)CC(c1ccccc1)c1ccccc1. The van der Waals surface area contributed by atoms with Gasteiger partial charge in [0, 0.05) is 25.6 Å². The molecule has 0 bridgehead atoms. The van der Waals surface area contributed by atoms with Gasteiger partial charge in [0.05, 0.1) is 6.61 Å². The zero-order chi connectivity index (χ0) is 22.5. The Hall–Kier alpha value is -3.48. The number of rotatable bonds is 8. The Kier molecular flexibility index (Phi) is 9.94. The predicted octanol–water partition coefficient (Wildman–Crippen LogP) is 3.47. The highest BCUT2D eigenvalue weighted by atomic mass is 16.4. The largest absolute Gasteiger partial charge is 0.473 e. The zero-order valence-electron chi connectivity index (χ0n) is 17.2. The molecule has 0 amide bonds. The number of nitrogens with zero attached hydrogens (tertiary/aromatic N) is 1. The van der Waals surface area contributed by atoms with Gasteiger partial charge in [0.2, 0.25) is 0 Å². The fourth-order valence-electron chi connectivity index (χ4n) is 3.25. The number of aliphatic hydroxyl groups excluding tert-OH is 1. The predicted molar refractivity (Wildman–Crippen MR) is 119 cm³/mol. The van der Waals surface area contributed by atoms with Crippen molar-refractivity contribution >= 4 is 11.9 Å². The summed E-state index contributed by atoms with van der Waals surface area (Å²) < 4.78 is 0. The first-order valence-electron chi connectivity index (χ1n) is 9.94. The molecular formula is C25H27NO5. The Bertz CT molecular complexity index is 865. The highest BCUT2D eigenvalue weighted by Gasteiger charge is 2.18. The number of carboxylic acids is 2. The highest BCUT2D eigenvalue weighted by molar-refractivity contribution is 6.27. The molecule has 3 aromatic carbocycles. The Labute approximate surface area is 182 Å². The van der Waals surface area contributed by atoms with Gasteiger partial charge in [0.25, 0.3) is 0 Å². The first-order chi connectivity index (χ1) is 15.0. The molecule has 0 spiro atoms. The van der Waals surface area contributed by atoms with E-state index < -0.39 is 11.9 Å². The second kappa shape index (κ2) is 13.0. The molecule has 0 aromatic heterocycles. The van der Waals surface area contributed by atoms with Gasteiger partial charge in [-0.1, -0.05) is 91.0 Å². The fourth-order valence-corrected chi connectivity index (χ4v) is 3.25. The summed E-state index contributed by atoms with van der Waals surface area (Å²) in [5, 5.41) is 24.3. The third-order valence-corrected chi connectivity index (χ3v) is 4.69. The van der Waals surface area contributed by atoms with Crippen LogP contribution in [0.4, 0.5) is 0 Å². The molecule has 6 nitrogen and oxygen atoms in total. The Morgan fingerprint density at radius 1 is 0.710 bits per heavy atom. The maximum absolute atomic E-state index is 9.53. The van der Waals surface area contributed by atoms with Crippen LogP contribution in [-0.4, -0.2) is 51.9 Å². The van der Waals surface area contributed by atoms with Crippen LogP contribution in [-0.2, 0) is 16.1 Å². The van der Waals surface area contributed by atoms with Gasteiger partial charge in [0.15, 0.2) is 0 Å². The van der Waals surface area contributed by atoms with Crippen LogP contribution in [0.15, 0.2) is 91.0 Å². The Morgan fingerprint density at radius 3 is 1.52 bits per heavy atom. The van der Waals surface area contributed by atoms with Gasteiger partial charge in [-0.25, -0.2) is 9.59 Å². The van der Waals surface area contributed by atoms with Crippen molar-refractivity contribution < 1.29 is 24.9 Å². The lowest BCUT2D eigenvalue weighted by atomic mass is 9.90. The molecule has 0 saturated heterocycles. The normalized spacial score (nSPS) is 10.4. The van der Waals surface area contributed by atoms with E-state index in [1.807, 2.05) is 6.07 Å². The van der Waals surface area contributed by atoms with E-state index in [1.54, 1.807) is 0 Å². The summed E-state index contributed by atoms with van der Waals surface area (Å²) in [7, 11) is 0. The van der Waals surface area contributed by atoms with Crippen LogP contribution >= 0.6 is 0 Å². The number of hydrogen-bond donors (Lipinski definition) is 3. The van der Waals surface area contributed by atoms with Crippen LogP contribution in [0.2, 0.25) is 0 Å². The van der Waals surface area contributed by atoms with Crippen molar-refractivity contribution in [3.05, 3.63) is 108 Å². The van der Waals surface area contributed by atoms with Crippen molar-refractivity contribution in [2.45, 2.75) is 12.5 Å². The number of aliphatic hydroxyl groups is 1. The van der Waals surface area contributed by atoms with E-state index in [-0.39, 0.29) is 12.5 Å². The lowest BCUT2D eigenvalue weighted by molar-refractivity contribution is -0.159. The van der Waals surface area contributed by atoms with E-state index in [2.05, 4.69) is 89.8 Å². The van der Waals surface area contributed by atoms with Crippen molar-refractivity contribution in [2.75, 3.05) is 19.7 Å². The van der Waals surface area contributed by atoms with E-state index in [0.717, 1.165) is 13.1 Å². The van der Waals surface area contributed by atoms with Crippen LogP contribution in [0, 0.1) is 0 Å². The van der Waals surface area contributed by atoms with Crippen molar-refractivity contribution in [1.29, 1.82) is 0 Å². The van der Waals surface area contributed by atoms with Gasteiger partial charge in [-0.3, -0.25) is 4.90 Å². The quantitative estimate of drug-likeness (QED) is 0.482. The average Bonchev–Trinajstić information content (AvgIpc) is 2.80. The van der Waals surface area contributed by atoms with E-state index in [9.17, 15) is 5.11 Å². The second-order valence-corrected chi connectivity index (χ2v) is 6.93.